The Bertz CT molecular complexity index is 331. The summed E-state index contributed by atoms with van der Waals surface area (Å²) < 4.78 is 0.965. The lowest BCUT2D eigenvalue weighted by atomic mass is 10.3. The van der Waals surface area contributed by atoms with E-state index in [-0.39, 0.29) is 0 Å². The van der Waals surface area contributed by atoms with Crippen LogP contribution in [0.5, 0.6) is 0 Å². The van der Waals surface area contributed by atoms with Crippen LogP contribution < -0.4 is 5.32 Å². The summed E-state index contributed by atoms with van der Waals surface area (Å²) in [7, 11) is 0. The molecule has 3 heteroatoms. The maximum absolute atomic E-state index is 5.86. The molecule has 0 bridgehead atoms. The van der Waals surface area contributed by atoms with Crippen molar-refractivity contribution in [3.8, 4) is 11.8 Å². The van der Waals surface area contributed by atoms with Crippen molar-refractivity contribution >= 4 is 33.2 Å². The molecule has 0 unspecified atom stereocenters. The van der Waals surface area contributed by atoms with Gasteiger partial charge in [0.2, 0.25) is 0 Å². The average molecular weight is 259 g/mol. The van der Waals surface area contributed by atoms with Gasteiger partial charge in [-0.15, -0.1) is 5.92 Å². The number of halogens is 2. The number of rotatable bonds is 2. The van der Waals surface area contributed by atoms with E-state index >= 15 is 0 Å². The first-order valence-corrected chi connectivity index (χ1v) is 4.99. The fraction of sp³-hybridized carbons (Fsp3) is 0.200. The van der Waals surface area contributed by atoms with E-state index in [0.717, 1.165) is 10.2 Å². The number of hydrogen-bond acceptors (Lipinski definition) is 1. The monoisotopic (exact) mass is 257 g/mol. The Labute approximate surface area is 91.6 Å². The van der Waals surface area contributed by atoms with E-state index < -0.39 is 0 Å². The molecule has 1 rings (SSSR count). The molecule has 0 aliphatic carbocycles. The smallest absolute Gasteiger partial charge is 0.0765 e. The van der Waals surface area contributed by atoms with Crippen LogP contribution in [0, 0.1) is 11.8 Å². The van der Waals surface area contributed by atoms with Crippen LogP contribution >= 0.6 is 27.5 Å². The molecular weight excluding hydrogens is 249 g/mol. The van der Waals surface area contributed by atoms with Gasteiger partial charge < -0.3 is 5.32 Å². The molecule has 0 radical (unpaired) electrons. The quantitative estimate of drug-likeness (QED) is 0.800. The molecule has 0 fully saturated rings. The van der Waals surface area contributed by atoms with Crippen molar-refractivity contribution in [2.24, 2.45) is 0 Å². The van der Waals surface area contributed by atoms with Crippen LogP contribution in [-0.4, -0.2) is 6.54 Å². The van der Waals surface area contributed by atoms with Crippen molar-refractivity contribution in [2.75, 3.05) is 11.9 Å². The molecule has 0 saturated heterocycles. The Morgan fingerprint density at radius 2 is 2.23 bits per heavy atom. The second kappa shape index (κ2) is 5.16. The highest BCUT2D eigenvalue weighted by atomic mass is 79.9. The van der Waals surface area contributed by atoms with Gasteiger partial charge in [0.05, 0.1) is 6.54 Å². The second-order valence-corrected chi connectivity index (χ2v) is 3.79. The summed E-state index contributed by atoms with van der Waals surface area (Å²) in [6.45, 7) is 2.46. The van der Waals surface area contributed by atoms with E-state index in [1.807, 2.05) is 25.1 Å². The lowest BCUT2D eigenvalue weighted by Gasteiger charge is -2.03. The minimum absolute atomic E-state index is 0.642. The van der Waals surface area contributed by atoms with Crippen molar-refractivity contribution in [1.29, 1.82) is 0 Å². The van der Waals surface area contributed by atoms with Gasteiger partial charge in [-0.1, -0.05) is 33.5 Å². The van der Waals surface area contributed by atoms with Gasteiger partial charge >= 0.3 is 0 Å². The summed E-state index contributed by atoms with van der Waals surface area (Å²) in [5.74, 6) is 5.73. The van der Waals surface area contributed by atoms with E-state index in [1.165, 1.54) is 0 Å². The van der Waals surface area contributed by atoms with E-state index in [1.54, 1.807) is 0 Å². The Morgan fingerprint density at radius 3 is 2.85 bits per heavy atom. The van der Waals surface area contributed by atoms with Crippen LogP contribution in [0.4, 0.5) is 5.69 Å². The van der Waals surface area contributed by atoms with Crippen LogP contribution in [0.15, 0.2) is 22.7 Å². The zero-order valence-corrected chi connectivity index (χ0v) is 9.54. The van der Waals surface area contributed by atoms with Gasteiger partial charge in [-0.25, -0.2) is 0 Å². The van der Waals surface area contributed by atoms with E-state index in [4.69, 9.17) is 11.6 Å². The summed E-state index contributed by atoms with van der Waals surface area (Å²) >= 11 is 9.22. The van der Waals surface area contributed by atoms with E-state index in [2.05, 4.69) is 33.1 Å². The highest BCUT2D eigenvalue weighted by Gasteiger charge is 1.95. The molecule has 0 amide bonds. The number of nitrogens with one attached hydrogen (secondary N) is 1. The Hall–Kier alpha value is -0.650. The van der Waals surface area contributed by atoms with Crippen LogP contribution in [0.3, 0.4) is 0 Å². The van der Waals surface area contributed by atoms with Crippen LogP contribution in [0.2, 0.25) is 5.02 Å². The first-order chi connectivity index (χ1) is 6.22. The normalized spacial score (nSPS) is 8.85. The van der Waals surface area contributed by atoms with Gasteiger partial charge in [0, 0.05) is 15.2 Å². The number of hydrogen-bond donors (Lipinski definition) is 1. The van der Waals surface area contributed by atoms with Crippen LogP contribution in [0.25, 0.3) is 0 Å². The lowest BCUT2D eigenvalue weighted by molar-refractivity contribution is 1.37. The molecule has 0 aliphatic rings. The third-order valence-corrected chi connectivity index (χ3v) is 2.10. The number of anilines is 1. The van der Waals surface area contributed by atoms with Gasteiger partial charge in [0.25, 0.3) is 0 Å². The summed E-state index contributed by atoms with van der Waals surface area (Å²) in [6, 6.07) is 5.67. The summed E-state index contributed by atoms with van der Waals surface area (Å²) in [6.07, 6.45) is 0. The average Bonchev–Trinajstić information content (AvgIpc) is 2.03. The fourth-order valence-corrected chi connectivity index (χ4v) is 1.75. The topological polar surface area (TPSA) is 12.0 Å². The lowest BCUT2D eigenvalue weighted by Crippen LogP contribution is -1.98. The van der Waals surface area contributed by atoms with Gasteiger partial charge in [0.15, 0.2) is 0 Å². The highest BCUT2D eigenvalue weighted by Crippen LogP contribution is 2.22. The van der Waals surface area contributed by atoms with Crippen LogP contribution in [-0.2, 0) is 0 Å². The van der Waals surface area contributed by atoms with Crippen LogP contribution in [0.1, 0.15) is 6.92 Å². The molecule has 1 nitrogen and oxygen atoms in total. The summed E-state index contributed by atoms with van der Waals surface area (Å²) in [5, 5.41) is 3.85. The zero-order valence-electron chi connectivity index (χ0n) is 7.20. The minimum Gasteiger partial charge on any atom is -0.374 e. The predicted molar refractivity (Wildman–Crippen MR) is 61.1 cm³/mol. The standard InChI is InChI=1S/C10H9BrClN/c1-2-3-4-13-10-6-8(11)5-9(12)7-10/h5-7,13H,4H2,1H3. The summed E-state index contributed by atoms with van der Waals surface area (Å²) in [5.41, 5.74) is 0.974. The molecule has 0 atom stereocenters. The van der Waals surface area contributed by atoms with Crippen molar-refractivity contribution in [2.45, 2.75) is 6.92 Å². The molecule has 68 valence electrons. The molecule has 0 saturated carbocycles. The predicted octanol–water partition coefficient (Wildman–Crippen LogP) is 3.54. The molecule has 1 N–H and O–H groups in total. The molecule has 0 aliphatic heterocycles. The first-order valence-electron chi connectivity index (χ1n) is 3.82. The Kier molecular flexibility index (Phi) is 4.14. The third kappa shape index (κ3) is 3.71. The molecule has 1 aromatic rings. The largest absolute Gasteiger partial charge is 0.374 e. The third-order valence-electron chi connectivity index (χ3n) is 1.42. The SMILES string of the molecule is CC#CCNc1cc(Cl)cc(Br)c1. The first kappa shape index (κ1) is 10.4. The fourth-order valence-electron chi connectivity index (χ4n) is 0.891. The highest BCUT2D eigenvalue weighted by molar-refractivity contribution is 9.10. The maximum Gasteiger partial charge on any atom is 0.0765 e. The molecule has 0 aromatic heterocycles. The Morgan fingerprint density at radius 1 is 1.46 bits per heavy atom. The second-order valence-electron chi connectivity index (χ2n) is 2.44. The molecule has 0 spiro atoms. The van der Waals surface area contributed by atoms with Crippen molar-refractivity contribution in [3.05, 3.63) is 27.7 Å². The zero-order chi connectivity index (χ0) is 9.68. The maximum atomic E-state index is 5.86. The number of benzene rings is 1. The molecule has 13 heavy (non-hydrogen) atoms. The molecule has 1 aromatic carbocycles. The van der Waals surface area contributed by atoms with Gasteiger partial charge in [-0.05, 0) is 25.1 Å². The summed E-state index contributed by atoms with van der Waals surface area (Å²) in [4.78, 5) is 0. The van der Waals surface area contributed by atoms with E-state index in [0.29, 0.717) is 11.6 Å². The van der Waals surface area contributed by atoms with Gasteiger partial charge in [-0.3, -0.25) is 0 Å². The Balaban J connectivity index is 2.69. The van der Waals surface area contributed by atoms with Crippen molar-refractivity contribution in [1.82, 2.24) is 0 Å². The van der Waals surface area contributed by atoms with Gasteiger partial charge in [0.1, 0.15) is 0 Å². The molecular formula is C10H9BrClN. The van der Waals surface area contributed by atoms with Crippen molar-refractivity contribution in [3.63, 3.8) is 0 Å². The van der Waals surface area contributed by atoms with E-state index in [9.17, 15) is 0 Å². The molecule has 0 heterocycles. The minimum atomic E-state index is 0.642. The van der Waals surface area contributed by atoms with Gasteiger partial charge in [-0.2, -0.15) is 0 Å². The van der Waals surface area contributed by atoms with Crippen molar-refractivity contribution < 1.29 is 0 Å².